The molecule has 160 valence electrons. The lowest BCUT2D eigenvalue weighted by Gasteiger charge is -2.29. The molecule has 0 saturated carbocycles. The summed E-state index contributed by atoms with van der Waals surface area (Å²) in [5.41, 5.74) is 2.89. The summed E-state index contributed by atoms with van der Waals surface area (Å²) in [4.78, 5) is 0. The Morgan fingerprint density at radius 3 is 1.93 bits per heavy atom. The highest BCUT2D eigenvalue weighted by atomic mass is 16.5. The molecule has 2 unspecified atom stereocenters. The normalized spacial score (nSPS) is 19.8. The molecule has 1 aliphatic heterocycles. The first-order valence-corrected chi connectivity index (χ1v) is 12.5. The third kappa shape index (κ3) is 9.59. The van der Waals surface area contributed by atoms with E-state index in [0.717, 1.165) is 12.5 Å². The molecule has 0 spiro atoms. The van der Waals surface area contributed by atoms with Gasteiger partial charge in [0.05, 0.1) is 12.7 Å². The van der Waals surface area contributed by atoms with Gasteiger partial charge in [0.2, 0.25) is 0 Å². The van der Waals surface area contributed by atoms with Crippen molar-refractivity contribution in [2.75, 3.05) is 6.61 Å². The van der Waals surface area contributed by atoms with E-state index in [-0.39, 0.29) is 0 Å². The maximum atomic E-state index is 6.25. The molecule has 28 heavy (non-hydrogen) atoms. The van der Waals surface area contributed by atoms with Gasteiger partial charge < -0.3 is 4.74 Å². The monoisotopic (exact) mass is 386 g/mol. The van der Waals surface area contributed by atoms with Gasteiger partial charge >= 0.3 is 0 Å². The highest BCUT2D eigenvalue weighted by molar-refractivity contribution is 5.24. The third-order valence-electron chi connectivity index (χ3n) is 6.51. The van der Waals surface area contributed by atoms with Crippen LogP contribution in [-0.2, 0) is 11.2 Å². The highest BCUT2D eigenvalue weighted by Crippen LogP contribution is 2.33. The standard InChI is InChI=1S/C27H46O/c1-3-5-7-9-11-13-15-24-17-20-26(21-18-24)27-22-19-25(23-28-27)16-14-12-10-8-6-4-2/h17-18,20-21,25,27H,3-16,19,22-23H2,1-2H3. The van der Waals surface area contributed by atoms with Crippen molar-refractivity contribution in [1.29, 1.82) is 0 Å². The molecule has 0 bridgehead atoms. The minimum atomic E-state index is 0.337. The van der Waals surface area contributed by atoms with Crippen LogP contribution in [0.2, 0.25) is 0 Å². The summed E-state index contributed by atoms with van der Waals surface area (Å²) >= 11 is 0. The van der Waals surface area contributed by atoms with Gasteiger partial charge in [-0.2, -0.15) is 0 Å². The molecule has 1 fully saturated rings. The molecule has 2 rings (SSSR count). The molecule has 1 saturated heterocycles. The zero-order valence-electron chi connectivity index (χ0n) is 18.9. The van der Waals surface area contributed by atoms with E-state index in [1.807, 2.05) is 0 Å². The number of ether oxygens (including phenoxy) is 1. The van der Waals surface area contributed by atoms with Crippen LogP contribution in [0.5, 0.6) is 0 Å². The Labute approximate surface area is 175 Å². The molecule has 0 aliphatic carbocycles. The van der Waals surface area contributed by atoms with Crippen molar-refractivity contribution in [2.45, 2.75) is 123 Å². The Morgan fingerprint density at radius 1 is 0.714 bits per heavy atom. The summed E-state index contributed by atoms with van der Waals surface area (Å²) in [5.74, 6) is 0.800. The number of hydrogen-bond acceptors (Lipinski definition) is 1. The summed E-state index contributed by atoms with van der Waals surface area (Å²) in [6.45, 7) is 5.55. The SMILES string of the molecule is CCCCCCCCc1ccc(C2CCC(CCCCCCCC)CO2)cc1. The van der Waals surface area contributed by atoms with E-state index in [1.165, 1.54) is 114 Å². The first-order chi connectivity index (χ1) is 13.8. The minimum Gasteiger partial charge on any atom is -0.373 e. The Morgan fingerprint density at radius 2 is 1.32 bits per heavy atom. The van der Waals surface area contributed by atoms with Crippen LogP contribution in [0, 0.1) is 5.92 Å². The molecule has 1 aromatic rings. The fourth-order valence-electron chi connectivity index (χ4n) is 4.52. The van der Waals surface area contributed by atoms with Crippen LogP contribution in [0.4, 0.5) is 0 Å². The summed E-state index contributed by atoms with van der Waals surface area (Å²) in [6, 6.07) is 9.33. The molecule has 1 aromatic carbocycles. The molecule has 1 aliphatic rings. The first-order valence-electron chi connectivity index (χ1n) is 12.5. The molecule has 0 radical (unpaired) electrons. The average molecular weight is 387 g/mol. The molecule has 1 heterocycles. The van der Waals surface area contributed by atoms with Crippen molar-refractivity contribution < 1.29 is 4.74 Å². The molecule has 0 aromatic heterocycles. The van der Waals surface area contributed by atoms with Crippen molar-refractivity contribution in [3.05, 3.63) is 35.4 Å². The van der Waals surface area contributed by atoms with Crippen LogP contribution in [-0.4, -0.2) is 6.61 Å². The Balaban J connectivity index is 1.58. The van der Waals surface area contributed by atoms with Crippen molar-refractivity contribution in [2.24, 2.45) is 5.92 Å². The zero-order chi connectivity index (χ0) is 19.9. The first kappa shape index (κ1) is 23.5. The van der Waals surface area contributed by atoms with Crippen molar-refractivity contribution in [3.8, 4) is 0 Å². The summed E-state index contributed by atoms with van der Waals surface area (Å²) < 4.78 is 6.25. The van der Waals surface area contributed by atoms with E-state index in [1.54, 1.807) is 0 Å². The molecule has 0 amide bonds. The van der Waals surface area contributed by atoms with E-state index in [4.69, 9.17) is 4.74 Å². The second kappa shape index (κ2) is 15.1. The van der Waals surface area contributed by atoms with E-state index >= 15 is 0 Å². The van der Waals surface area contributed by atoms with Crippen LogP contribution in [0.25, 0.3) is 0 Å². The molecular weight excluding hydrogens is 340 g/mol. The lowest BCUT2D eigenvalue weighted by atomic mass is 9.90. The molecule has 0 N–H and O–H groups in total. The Kier molecular flexibility index (Phi) is 12.6. The van der Waals surface area contributed by atoms with Gasteiger partial charge in [0.1, 0.15) is 0 Å². The van der Waals surface area contributed by atoms with E-state index in [2.05, 4.69) is 38.1 Å². The molecule has 2 atom stereocenters. The van der Waals surface area contributed by atoms with E-state index in [9.17, 15) is 0 Å². The third-order valence-corrected chi connectivity index (χ3v) is 6.51. The van der Waals surface area contributed by atoms with Crippen LogP contribution in [0.15, 0.2) is 24.3 Å². The molecule has 1 heteroatoms. The topological polar surface area (TPSA) is 9.23 Å². The smallest absolute Gasteiger partial charge is 0.0825 e. The van der Waals surface area contributed by atoms with Gasteiger partial charge in [0.25, 0.3) is 0 Å². The van der Waals surface area contributed by atoms with Crippen molar-refractivity contribution >= 4 is 0 Å². The predicted octanol–water partition coefficient (Wildman–Crippen LogP) is 8.81. The molecule has 1 nitrogen and oxygen atoms in total. The Bertz CT molecular complexity index is 470. The second-order valence-corrected chi connectivity index (χ2v) is 9.08. The number of benzene rings is 1. The highest BCUT2D eigenvalue weighted by Gasteiger charge is 2.22. The van der Waals surface area contributed by atoms with E-state index < -0.39 is 0 Å². The second-order valence-electron chi connectivity index (χ2n) is 9.08. The number of aryl methyl sites for hydroxylation is 1. The lowest BCUT2D eigenvalue weighted by molar-refractivity contribution is -0.0199. The minimum absolute atomic E-state index is 0.337. The van der Waals surface area contributed by atoms with Gasteiger partial charge in [-0.25, -0.2) is 0 Å². The maximum Gasteiger partial charge on any atom is 0.0825 e. The van der Waals surface area contributed by atoms with Crippen LogP contribution in [0.3, 0.4) is 0 Å². The summed E-state index contributed by atoms with van der Waals surface area (Å²) in [7, 11) is 0. The van der Waals surface area contributed by atoms with Gasteiger partial charge in [-0.1, -0.05) is 109 Å². The van der Waals surface area contributed by atoms with Crippen LogP contribution in [0.1, 0.15) is 127 Å². The average Bonchev–Trinajstić information content (AvgIpc) is 2.74. The maximum absolute atomic E-state index is 6.25. The van der Waals surface area contributed by atoms with Gasteiger partial charge in [0.15, 0.2) is 0 Å². The number of hydrogen-bond donors (Lipinski definition) is 0. The van der Waals surface area contributed by atoms with Gasteiger partial charge in [-0.15, -0.1) is 0 Å². The summed E-state index contributed by atoms with van der Waals surface area (Å²) in [5, 5.41) is 0. The Hall–Kier alpha value is -0.820. The zero-order valence-corrected chi connectivity index (χ0v) is 18.9. The lowest BCUT2D eigenvalue weighted by Crippen LogP contribution is -2.20. The molecular formula is C27H46O. The van der Waals surface area contributed by atoms with Gasteiger partial charge in [0, 0.05) is 0 Å². The quantitative estimate of drug-likeness (QED) is 0.274. The van der Waals surface area contributed by atoms with E-state index in [0.29, 0.717) is 6.10 Å². The van der Waals surface area contributed by atoms with Crippen molar-refractivity contribution in [3.63, 3.8) is 0 Å². The number of unbranched alkanes of at least 4 members (excludes halogenated alkanes) is 10. The van der Waals surface area contributed by atoms with Crippen molar-refractivity contribution in [1.82, 2.24) is 0 Å². The fourth-order valence-corrected chi connectivity index (χ4v) is 4.52. The van der Waals surface area contributed by atoms with Crippen LogP contribution >= 0.6 is 0 Å². The summed E-state index contributed by atoms with van der Waals surface area (Å²) in [6.07, 6.45) is 22.2. The van der Waals surface area contributed by atoms with Gasteiger partial charge in [-0.3, -0.25) is 0 Å². The van der Waals surface area contributed by atoms with Crippen LogP contribution < -0.4 is 0 Å². The number of rotatable bonds is 15. The largest absolute Gasteiger partial charge is 0.373 e. The predicted molar refractivity (Wildman–Crippen MR) is 123 cm³/mol. The van der Waals surface area contributed by atoms with Gasteiger partial charge in [-0.05, 0) is 49.1 Å². The fraction of sp³-hybridized carbons (Fsp3) is 0.778.